The average Bonchev–Trinajstić information content (AvgIpc) is 3.51. The largest absolute Gasteiger partial charge is 0.387 e. The molecule has 3 heterocycles. The highest BCUT2D eigenvalue weighted by molar-refractivity contribution is 6.29. The Bertz CT molecular complexity index is 1160. The Morgan fingerprint density at radius 2 is 1.97 bits per heavy atom. The Kier molecular flexibility index (Phi) is 7.18. The molecule has 1 fully saturated rings. The van der Waals surface area contributed by atoms with Crippen molar-refractivity contribution in [1.29, 1.82) is 0 Å². The SMILES string of the molecule is CN(Cc1n[nH]c2c1CCCC2)C(=O)c1ccc(CC2CCC(C(O)c3ccc(Cl)nc3)N2)cc1. The van der Waals surface area contributed by atoms with Crippen molar-refractivity contribution in [2.75, 3.05) is 7.05 Å². The van der Waals surface area contributed by atoms with Gasteiger partial charge in [0, 0.05) is 42.1 Å². The van der Waals surface area contributed by atoms with Gasteiger partial charge in [-0.1, -0.05) is 29.8 Å². The smallest absolute Gasteiger partial charge is 0.253 e. The molecule has 3 atom stereocenters. The maximum Gasteiger partial charge on any atom is 0.253 e. The molecule has 1 aliphatic carbocycles. The highest BCUT2D eigenvalue weighted by atomic mass is 35.5. The highest BCUT2D eigenvalue weighted by Gasteiger charge is 2.30. The van der Waals surface area contributed by atoms with Crippen molar-refractivity contribution in [3.63, 3.8) is 0 Å². The average molecular weight is 494 g/mol. The minimum absolute atomic E-state index is 0.00265. The Balaban J connectivity index is 1.15. The molecule has 35 heavy (non-hydrogen) atoms. The summed E-state index contributed by atoms with van der Waals surface area (Å²) in [6, 6.07) is 11.7. The molecule has 0 saturated carbocycles. The third kappa shape index (κ3) is 5.42. The van der Waals surface area contributed by atoms with E-state index in [9.17, 15) is 9.90 Å². The van der Waals surface area contributed by atoms with Gasteiger partial charge >= 0.3 is 0 Å². The molecule has 8 heteroatoms. The number of halogens is 1. The van der Waals surface area contributed by atoms with Gasteiger partial charge in [-0.15, -0.1) is 0 Å². The standard InChI is InChI=1S/C27H32ClN5O2/c1-33(16-24-21-4-2-3-5-22(21)31-32-24)27(35)18-8-6-17(7-9-18)14-20-11-12-23(30-20)26(34)19-10-13-25(28)29-15-19/h6-10,13,15,20,23,26,30,34H,2-5,11-12,14,16H2,1H3,(H,31,32). The zero-order valence-corrected chi connectivity index (χ0v) is 20.8. The second-order valence-electron chi connectivity index (χ2n) is 9.80. The molecule has 0 spiro atoms. The van der Waals surface area contributed by atoms with Gasteiger partial charge in [0.1, 0.15) is 5.15 Å². The maximum absolute atomic E-state index is 13.0. The molecule has 2 aliphatic rings. The van der Waals surface area contributed by atoms with Crippen LogP contribution in [0.4, 0.5) is 0 Å². The van der Waals surface area contributed by atoms with Crippen LogP contribution in [0, 0.1) is 0 Å². The Hall–Kier alpha value is -2.74. The summed E-state index contributed by atoms with van der Waals surface area (Å²) in [4.78, 5) is 18.8. The lowest BCUT2D eigenvalue weighted by molar-refractivity contribution is 0.0783. The predicted molar refractivity (Wildman–Crippen MR) is 135 cm³/mol. The molecule has 3 aromatic rings. The van der Waals surface area contributed by atoms with E-state index in [0.717, 1.165) is 43.4 Å². The summed E-state index contributed by atoms with van der Waals surface area (Å²) in [7, 11) is 1.84. The fraction of sp³-hybridized carbons (Fsp3) is 0.444. The monoisotopic (exact) mass is 493 g/mol. The van der Waals surface area contributed by atoms with Gasteiger partial charge in [0.25, 0.3) is 5.91 Å². The zero-order valence-electron chi connectivity index (χ0n) is 20.0. The Labute approximate surface area is 210 Å². The summed E-state index contributed by atoms with van der Waals surface area (Å²) in [6.07, 6.45) is 8.24. The summed E-state index contributed by atoms with van der Waals surface area (Å²) in [5.74, 6) is 0.00265. The second kappa shape index (κ2) is 10.5. The summed E-state index contributed by atoms with van der Waals surface area (Å²) in [6.45, 7) is 0.519. The van der Waals surface area contributed by atoms with E-state index in [4.69, 9.17) is 11.6 Å². The maximum atomic E-state index is 13.0. The quantitative estimate of drug-likeness (QED) is 0.432. The summed E-state index contributed by atoms with van der Waals surface area (Å²) in [5.41, 5.74) is 6.15. The summed E-state index contributed by atoms with van der Waals surface area (Å²) in [5, 5.41) is 22.3. The number of nitrogens with zero attached hydrogens (tertiary/aromatic N) is 3. The van der Waals surface area contributed by atoms with Gasteiger partial charge < -0.3 is 15.3 Å². The van der Waals surface area contributed by atoms with E-state index in [0.29, 0.717) is 17.3 Å². The van der Waals surface area contributed by atoms with Crippen LogP contribution in [-0.2, 0) is 25.8 Å². The van der Waals surface area contributed by atoms with E-state index >= 15 is 0 Å². The number of hydrogen-bond donors (Lipinski definition) is 3. The first-order chi connectivity index (χ1) is 17.0. The van der Waals surface area contributed by atoms with Crippen molar-refractivity contribution in [2.24, 2.45) is 0 Å². The van der Waals surface area contributed by atoms with Crippen LogP contribution < -0.4 is 5.32 Å². The number of benzene rings is 1. The molecule has 1 saturated heterocycles. The first-order valence-corrected chi connectivity index (χ1v) is 12.8. The number of aryl methyl sites for hydroxylation is 1. The van der Waals surface area contributed by atoms with Gasteiger partial charge in [-0.3, -0.25) is 9.89 Å². The minimum Gasteiger partial charge on any atom is -0.387 e. The normalized spacial score (nSPS) is 20.4. The molecule has 1 aromatic carbocycles. The number of aromatic amines is 1. The highest BCUT2D eigenvalue weighted by Crippen LogP contribution is 2.27. The molecule has 7 nitrogen and oxygen atoms in total. The molecule has 5 rings (SSSR count). The lowest BCUT2D eigenvalue weighted by atomic mass is 9.96. The number of carbonyl (C=O) groups excluding carboxylic acids is 1. The van der Waals surface area contributed by atoms with Gasteiger partial charge in [0.15, 0.2) is 0 Å². The molecule has 1 aliphatic heterocycles. The van der Waals surface area contributed by atoms with Gasteiger partial charge in [-0.05, 0) is 74.3 Å². The second-order valence-corrected chi connectivity index (χ2v) is 10.2. The molecule has 1 amide bonds. The lowest BCUT2D eigenvalue weighted by Crippen LogP contribution is -2.35. The van der Waals surface area contributed by atoms with E-state index in [1.165, 1.54) is 29.7 Å². The molecule has 3 unspecified atom stereocenters. The third-order valence-electron chi connectivity index (χ3n) is 7.31. The number of hydrogen-bond acceptors (Lipinski definition) is 5. The summed E-state index contributed by atoms with van der Waals surface area (Å²) >= 11 is 5.86. The van der Waals surface area contributed by atoms with Crippen molar-refractivity contribution in [2.45, 2.75) is 69.7 Å². The lowest BCUT2D eigenvalue weighted by Gasteiger charge is -2.20. The number of rotatable bonds is 7. The number of carbonyl (C=O) groups is 1. The van der Waals surface area contributed by atoms with E-state index in [2.05, 4.69) is 20.5 Å². The number of H-pyrrole nitrogens is 1. The van der Waals surface area contributed by atoms with Crippen LogP contribution in [0.2, 0.25) is 5.15 Å². The molecular formula is C27H32ClN5O2. The van der Waals surface area contributed by atoms with Crippen LogP contribution in [0.25, 0.3) is 0 Å². The van der Waals surface area contributed by atoms with E-state index in [-0.39, 0.29) is 18.0 Å². The number of pyridine rings is 1. The van der Waals surface area contributed by atoms with Crippen LogP contribution in [0.5, 0.6) is 0 Å². The Morgan fingerprint density at radius 3 is 2.74 bits per heavy atom. The topological polar surface area (TPSA) is 94.1 Å². The molecular weight excluding hydrogens is 462 g/mol. The number of aliphatic hydroxyl groups is 1. The van der Waals surface area contributed by atoms with Crippen molar-refractivity contribution in [3.05, 3.63) is 81.4 Å². The van der Waals surface area contributed by atoms with Crippen LogP contribution in [-0.4, -0.2) is 50.2 Å². The molecule has 0 bridgehead atoms. The minimum atomic E-state index is -0.611. The first-order valence-electron chi connectivity index (χ1n) is 12.4. The molecule has 0 radical (unpaired) electrons. The number of amides is 1. The third-order valence-corrected chi connectivity index (χ3v) is 7.53. The Morgan fingerprint density at radius 1 is 1.17 bits per heavy atom. The van der Waals surface area contributed by atoms with Gasteiger partial charge in [-0.2, -0.15) is 5.10 Å². The van der Waals surface area contributed by atoms with Gasteiger partial charge in [0.05, 0.1) is 18.3 Å². The van der Waals surface area contributed by atoms with Crippen molar-refractivity contribution >= 4 is 17.5 Å². The zero-order chi connectivity index (χ0) is 24.4. The van der Waals surface area contributed by atoms with E-state index in [1.54, 1.807) is 17.2 Å². The van der Waals surface area contributed by atoms with Crippen LogP contribution in [0.15, 0.2) is 42.6 Å². The number of aliphatic hydroxyl groups excluding tert-OH is 1. The molecule has 184 valence electrons. The van der Waals surface area contributed by atoms with Crippen molar-refractivity contribution in [3.8, 4) is 0 Å². The van der Waals surface area contributed by atoms with Crippen molar-refractivity contribution < 1.29 is 9.90 Å². The van der Waals surface area contributed by atoms with Crippen molar-refractivity contribution in [1.82, 2.24) is 25.4 Å². The van der Waals surface area contributed by atoms with Gasteiger partial charge in [0.2, 0.25) is 0 Å². The first kappa shape index (κ1) is 24.0. The number of aromatic nitrogens is 3. The fourth-order valence-electron chi connectivity index (χ4n) is 5.32. The van der Waals surface area contributed by atoms with Crippen LogP contribution in [0.3, 0.4) is 0 Å². The van der Waals surface area contributed by atoms with Crippen LogP contribution >= 0.6 is 11.6 Å². The summed E-state index contributed by atoms with van der Waals surface area (Å²) < 4.78 is 0. The molecule has 2 aromatic heterocycles. The van der Waals surface area contributed by atoms with Crippen LogP contribution in [0.1, 0.15) is 70.2 Å². The fourth-order valence-corrected chi connectivity index (χ4v) is 5.43. The van der Waals surface area contributed by atoms with E-state index < -0.39 is 6.10 Å². The molecule has 3 N–H and O–H groups in total. The van der Waals surface area contributed by atoms with Gasteiger partial charge in [-0.25, -0.2) is 4.98 Å². The predicted octanol–water partition coefficient (Wildman–Crippen LogP) is 4.01. The number of fused-ring (bicyclic) bond motifs is 1. The van der Waals surface area contributed by atoms with E-state index in [1.807, 2.05) is 37.4 Å². The number of nitrogens with one attached hydrogen (secondary N) is 2.